The summed E-state index contributed by atoms with van der Waals surface area (Å²) in [4.78, 5) is 12.4. The lowest BCUT2D eigenvalue weighted by molar-refractivity contribution is 0.104. The monoisotopic (exact) mass is 352 g/mol. The highest BCUT2D eigenvalue weighted by Gasteiger charge is 2.14. The van der Waals surface area contributed by atoms with E-state index in [2.05, 4.69) is 5.92 Å². The van der Waals surface area contributed by atoms with Crippen LogP contribution < -0.4 is 18.9 Å². The van der Waals surface area contributed by atoms with Crippen LogP contribution in [0.3, 0.4) is 0 Å². The van der Waals surface area contributed by atoms with Crippen molar-refractivity contribution in [1.29, 1.82) is 0 Å². The molecule has 0 bridgehead atoms. The lowest BCUT2D eigenvalue weighted by Crippen LogP contribution is -1.99. The smallest absolute Gasteiger partial charge is 0.203 e. The summed E-state index contributed by atoms with van der Waals surface area (Å²) in [6, 6.07) is 10.4. The van der Waals surface area contributed by atoms with Crippen LogP contribution in [0.15, 0.2) is 42.5 Å². The molecule has 0 saturated carbocycles. The van der Waals surface area contributed by atoms with Crippen molar-refractivity contribution >= 4 is 11.9 Å². The standard InChI is InChI=1S/C21H20O5/c1-5-13-26-17-8-6-7-16(14-17)18(22)11-9-15-10-12-19(23-2)21(25-4)20(15)24-3/h1,6-12,14H,13H2,2-4H3/b11-9+. The zero-order chi connectivity index (χ0) is 18.9. The van der Waals surface area contributed by atoms with E-state index in [0.29, 0.717) is 34.1 Å². The number of terminal acetylenes is 1. The summed E-state index contributed by atoms with van der Waals surface area (Å²) >= 11 is 0. The topological polar surface area (TPSA) is 54.0 Å². The lowest BCUT2D eigenvalue weighted by Gasteiger charge is -2.13. The average molecular weight is 352 g/mol. The number of carbonyl (C=O) groups excluding carboxylic acids is 1. The Balaban J connectivity index is 2.27. The number of ether oxygens (including phenoxy) is 4. The number of ketones is 1. The molecule has 0 radical (unpaired) electrons. The molecular weight excluding hydrogens is 332 g/mol. The second-order valence-electron chi connectivity index (χ2n) is 5.14. The minimum Gasteiger partial charge on any atom is -0.493 e. The Morgan fingerprint density at radius 3 is 2.50 bits per heavy atom. The Labute approximate surface area is 153 Å². The van der Waals surface area contributed by atoms with Crippen molar-refractivity contribution in [3.8, 4) is 35.3 Å². The molecule has 0 fully saturated rings. The van der Waals surface area contributed by atoms with Crippen LogP contribution in [0.5, 0.6) is 23.0 Å². The van der Waals surface area contributed by atoms with E-state index < -0.39 is 0 Å². The van der Waals surface area contributed by atoms with E-state index in [9.17, 15) is 4.79 Å². The molecule has 0 spiro atoms. The fourth-order valence-corrected chi connectivity index (χ4v) is 2.38. The second kappa shape index (κ2) is 9.19. The summed E-state index contributed by atoms with van der Waals surface area (Å²) in [6.45, 7) is 0.149. The molecule has 5 heteroatoms. The minimum atomic E-state index is -0.173. The van der Waals surface area contributed by atoms with E-state index in [-0.39, 0.29) is 12.4 Å². The van der Waals surface area contributed by atoms with Gasteiger partial charge >= 0.3 is 0 Å². The van der Waals surface area contributed by atoms with E-state index in [1.54, 1.807) is 49.6 Å². The first-order valence-corrected chi connectivity index (χ1v) is 7.82. The zero-order valence-corrected chi connectivity index (χ0v) is 14.9. The van der Waals surface area contributed by atoms with Gasteiger partial charge in [0.1, 0.15) is 12.4 Å². The summed E-state index contributed by atoms with van der Waals surface area (Å²) in [5.41, 5.74) is 1.19. The maximum absolute atomic E-state index is 12.4. The van der Waals surface area contributed by atoms with Gasteiger partial charge in [-0.3, -0.25) is 4.79 Å². The van der Waals surface area contributed by atoms with Crippen LogP contribution in [0.2, 0.25) is 0 Å². The summed E-state index contributed by atoms with van der Waals surface area (Å²) < 4.78 is 21.3. The van der Waals surface area contributed by atoms with Crippen LogP contribution in [-0.4, -0.2) is 33.7 Å². The van der Waals surface area contributed by atoms with Crippen molar-refractivity contribution in [3.63, 3.8) is 0 Å². The van der Waals surface area contributed by atoms with Crippen molar-refractivity contribution in [2.24, 2.45) is 0 Å². The van der Waals surface area contributed by atoms with Crippen LogP contribution in [0.1, 0.15) is 15.9 Å². The van der Waals surface area contributed by atoms with Gasteiger partial charge in [-0.25, -0.2) is 0 Å². The number of carbonyl (C=O) groups is 1. The molecule has 2 aromatic carbocycles. The Morgan fingerprint density at radius 2 is 1.85 bits per heavy atom. The van der Waals surface area contributed by atoms with Gasteiger partial charge in [0, 0.05) is 11.1 Å². The average Bonchev–Trinajstić information content (AvgIpc) is 2.69. The fourth-order valence-electron chi connectivity index (χ4n) is 2.38. The van der Waals surface area contributed by atoms with Crippen molar-refractivity contribution < 1.29 is 23.7 Å². The number of allylic oxidation sites excluding steroid dienone is 1. The normalized spacial score (nSPS) is 10.2. The summed E-state index contributed by atoms with van der Waals surface area (Å²) in [6.07, 6.45) is 8.30. The molecular formula is C21H20O5. The van der Waals surface area contributed by atoms with Gasteiger partial charge < -0.3 is 18.9 Å². The highest BCUT2D eigenvalue weighted by Crippen LogP contribution is 2.40. The van der Waals surface area contributed by atoms with Crippen molar-refractivity contribution in [2.45, 2.75) is 0 Å². The second-order valence-corrected chi connectivity index (χ2v) is 5.14. The Morgan fingerprint density at radius 1 is 1.08 bits per heavy atom. The predicted octanol–water partition coefficient (Wildman–Crippen LogP) is 3.62. The third kappa shape index (κ3) is 4.37. The summed E-state index contributed by atoms with van der Waals surface area (Å²) in [5, 5.41) is 0. The van der Waals surface area contributed by atoms with Gasteiger partial charge in [0.25, 0.3) is 0 Å². The third-order valence-electron chi connectivity index (χ3n) is 3.59. The van der Waals surface area contributed by atoms with Gasteiger partial charge in [-0.2, -0.15) is 0 Å². The van der Waals surface area contributed by atoms with E-state index >= 15 is 0 Å². The first-order chi connectivity index (χ1) is 12.6. The maximum atomic E-state index is 12.4. The van der Waals surface area contributed by atoms with Crippen LogP contribution in [-0.2, 0) is 0 Å². The van der Waals surface area contributed by atoms with Gasteiger partial charge in [0.15, 0.2) is 17.3 Å². The molecule has 2 aromatic rings. The van der Waals surface area contributed by atoms with E-state index in [1.807, 2.05) is 0 Å². The molecule has 2 rings (SSSR count). The molecule has 0 amide bonds. The SMILES string of the molecule is C#CCOc1cccc(C(=O)/C=C/c2ccc(OC)c(OC)c2OC)c1. The Hall–Kier alpha value is -3.39. The van der Waals surface area contributed by atoms with E-state index in [1.165, 1.54) is 20.3 Å². The van der Waals surface area contributed by atoms with Gasteiger partial charge in [-0.1, -0.05) is 18.1 Å². The van der Waals surface area contributed by atoms with Crippen molar-refractivity contribution in [2.75, 3.05) is 27.9 Å². The molecule has 0 atom stereocenters. The van der Waals surface area contributed by atoms with E-state index in [0.717, 1.165) is 0 Å². The first-order valence-electron chi connectivity index (χ1n) is 7.82. The number of hydrogen-bond donors (Lipinski definition) is 0. The van der Waals surface area contributed by atoms with E-state index in [4.69, 9.17) is 25.4 Å². The fraction of sp³-hybridized carbons (Fsp3) is 0.190. The minimum absolute atomic E-state index is 0.149. The molecule has 26 heavy (non-hydrogen) atoms. The summed E-state index contributed by atoms with van der Waals surface area (Å²) in [5.74, 6) is 4.26. The number of methoxy groups -OCH3 is 3. The number of hydrogen-bond acceptors (Lipinski definition) is 5. The Kier molecular flexibility index (Phi) is 6.69. The quantitative estimate of drug-likeness (QED) is 0.413. The van der Waals surface area contributed by atoms with Gasteiger partial charge in [0.05, 0.1) is 21.3 Å². The highest BCUT2D eigenvalue weighted by molar-refractivity contribution is 6.07. The molecule has 0 heterocycles. The predicted molar refractivity (Wildman–Crippen MR) is 100 cm³/mol. The Bertz CT molecular complexity index is 846. The number of rotatable bonds is 8. The molecule has 0 unspecified atom stereocenters. The van der Waals surface area contributed by atoms with Crippen LogP contribution >= 0.6 is 0 Å². The van der Waals surface area contributed by atoms with Crippen molar-refractivity contribution in [1.82, 2.24) is 0 Å². The third-order valence-corrected chi connectivity index (χ3v) is 3.59. The van der Waals surface area contributed by atoms with Gasteiger partial charge in [-0.15, -0.1) is 6.42 Å². The summed E-state index contributed by atoms with van der Waals surface area (Å²) in [7, 11) is 4.61. The van der Waals surface area contributed by atoms with Crippen LogP contribution in [0.25, 0.3) is 6.08 Å². The van der Waals surface area contributed by atoms with Crippen LogP contribution in [0, 0.1) is 12.3 Å². The molecule has 0 aliphatic carbocycles. The molecule has 0 saturated heterocycles. The lowest BCUT2D eigenvalue weighted by atomic mass is 10.1. The molecule has 0 N–H and O–H groups in total. The van der Waals surface area contributed by atoms with Gasteiger partial charge in [-0.05, 0) is 36.4 Å². The highest BCUT2D eigenvalue weighted by atomic mass is 16.5. The van der Waals surface area contributed by atoms with Gasteiger partial charge in [0.2, 0.25) is 5.75 Å². The van der Waals surface area contributed by atoms with Crippen molar-refractivity contribution in [3.05, 3.63) is 53.6 Å². The van der Waals surface area contributed by atoms with Crippen LogP contribution in [0.4, 0.5) is 0 Å². The number of benzene rings is 2. The largest absolute Gasteiger partial charge is 0.493 e. The zero-order valence-electron chi connectivity index (χ0n) is 14.9. The molecule has 0 aromatic heterocycles. The molecule has 5 nitrogen and oxygen atoms in total. The molecule has 0 aliphatic heterocycles. The maximum Gasteiger partial charge on any atom is 0.203 e. The molecule has 134 valence electrons. The molecule has 0 aliphatic rings. The first kappa shape index (κ1) is 18.9.